The number of nitrogens with two attached hydrogens (primary N) is 1. The topological polar surface area (TPSA) is 29.3 Å². The van der Waals surface area contributed by atoms with E-state index >= 15 is 0 Å². The molecule has 0 aliphatic carbocycles. The van der Waals surface area contributed by atoms with Gasteiger partial charge in [-0.05, 0) is 38.8 Å². The average molecular weight is 206 g/mol. The lowest BCUT2D eigenvalue weighted by Gasteiger charge is -2.23. The van der Waals surface area contributed by atoms with Crippen molar-refractivity contribution < 1.29 is 0 Å². The van der Waals surface area contributed by atoms with Gasteiger partial charge in [0, 0.05) is 24.8 Å². The Bertz CT molecular complexity index is 256. The summed E-state index contributed by atoms with van der Waals surface area (Å²) >= 11 is 0. The Morgan fingerprint density at radius 3 is 2.47 bits per heavy atom. The molecule has 2 N–H and O–H groups in total. The maximum absolute atomic E-state index is 5.74. The van der Waals surface area contributed by atoms with E-state index in [0.29, 0.717) is 6.04 Å². The standard InChI is InChI=1S/C13H22N2/c1-3-15(11-7-8-12(2)14)13-9-5-4-6-10-13/h4-6,9-10,12H,3,7-8,11,14H2,1-2H3. The SMILES string of the molecule is CCN(CCCC(C)N)c1ccccc1. The Labute approximate surface area is 93.1 Å². The van der Waals surface area contributed by atoms with Gasteiger partial charge in [-0.3, -0.25) is 0 Å². The molecule has 0 aliphatic heterocycles. The van der Waals surface area contributed by atoms with E-state index in [4.69, 9.17) is 5.73 Å². The Hall–Kier alpha value is -1.02. The first-order chi connectivity index (χ1) is 7.24. The Balaban J connectivity index is 2.43. The van der Waals surface area contributed by atoms with Crippen molar-refractivity contribution >= 4 is 5.69 Å². The molecule has 0 aliphatic rings. The van der Waals surface area contributed by atoms with Gasteiger partial charge in [0.1, 0.15) is 0 Å². The fourth-order valence-electron chi connectivity index (χ4n) is 1.71. The molecule has 0 bridgehead atoms. The van der Waals surface area contributed by atoms with Crippen LogP contribution in [0.3, 0.4) is 0 Å². The first kappa shape index (κ1) is 12.1. The number of benzene rings is 1. The van der Waals surface area contributed by atoms with E-state index in [1.165, 1.54) is 12.1 Å². The lowest BCUT2D eigenvalue weighted by molar-refractivity contribution is 0.613. The average Bonchev–Trinajstić information content (AvgIpc) is 2.25. The zero-order valence-electron chi connectivity index (χ0n) is 9.82. The molecule has 2 nitrogen and oxygen atoms in total. The van der Waals surface area contributed by atoms with Gasteiger partial charge in [-0.15, -0.1) is 0 Å². The molecule has 0 heterocycles. The smallest absolute Gasteiger partial charge is 0.0366 e. The van der Waals surface area contributed by atoms with E-state index < -0.39 is 0 Å². The summed E-state index contributed by atoms with van der Waals surface area (Å²) in [5.74, 6) is 0. The van der Waals surface area contributed by atoms with Gasteiger partial charge in [-0.25, -0.2) is 0 Å². The molecule has 1 unspecified atom stereocenters. The van der Waals surface area contributed by atoms with Gasteiger partial charge in [0.25, 0.3) is 0 Å². The van der Waals surface area contributed by atoms with Crippen LogP contribution in [0, 0.1) is 0 Å². The highest BCUT2D eigenvalue weighted by atomic mass is 15.1. The van der Waals surface area contributed by atoms with Crippen molar-refractivity contribution in [2.75, 3.05) is 18.0 Å². The molecule has 1 rings (SSSR count). The minimum Gasteiger partial charge on any atom is -0.372 e. The fraction of sp³-hybridized carbons (Fsp3) is 0.538. The molecule has 0 radical (unpaired) electrons. The number of anilines is 1. The van der Waals surface area contributed by atoms with E-state index in [9.17, 15) is 0 Å². The lowest BCUT2D eigenvalue weighted by Crippen LogP contribution is -2.25. The van der Waals surface area contributed by atoms with Crippen molar-refractivity contribution in [3.05, 3.63) is 30.3 Å². The second kappa shape index (κ2) is 6.46. The van der Waals surface area contributed by atoms with Gasteiger partial charge in [0.2, 0.25) is 0 Å². The monoisotopic (exact) mass is 206 g/mol. The van der Waals surface area contributed by atoms with Gasteiger partial charge in [-0.1, -0.05) is 18.2 Å². The molecule has 0 amide bonds. The molecule has 84 valence electrons. The Morgan fingerprint density at radius 2 is 1.93 bits per heavy atom. The first-order valence-corrected chi connectivity index (χ1v) is 5.79. The highest BCUT2D eigenvalue weighted by Crippen LogP contribution is 2.13. The maximum Gasteiger partial charge on any atom is 0.0366 e. The van der Waals surface area contributed by atoms with Crippen molar-refractivity contribution in [3.8, 4) is 0 Å². The number of para-hydroxylation sites is 1. The quantitative estimate of drug-likeness (QED) is 0.775. The predicted molar refractivity (Wildman–Crippen MR) is 67.2 cm³/mol. The normalized spacial score (nSPS) is 12.5. The van der Waals surface area contributed by atoms with Gasteiger partial charge >= 0.3 is 0 Å². The van der Waals surface area contributed by atoms with Crippen molar-refractivity contribution in [1.82, 2.24) is 0 Å². The summed E-state index contributed by atoms with van der Waals surface area (Å²) in [4.78, 5) is 2.39. The maximum atomic E-state index is 5.74. The molecular formula is C13H22N2. The third-order valence-corrected chi connectivity index (χ3v) is 2.59. The lowest BCUT2D eigenvalue weighted by atomic mass is 10.2. The molecular weight excluding hydrogens is 184 g/mol. The fourth-order valence-corrected chi connectivity index (χ4v) is 1.71. The second-order valence-corrected chi connectivity index (χ2v) is 4.03. The summed E-state index contributed by atoms with van der Waals surface area (Å²) in [5.41, 5.74) is 7.05. The van der Waals surface area contributed by atoms with Gasteiger partial charge in [0.15, 0.2) is 0 Å². The summed E-state index contributed by atoms with van der Waals surface area (Å²) in [6, 6.07) is 10.9. The highest BCUT2D eigenvalue weighted by molar-refractivity contribution is 5.45. The van der Waals surface area contributed by atoms with Crippen LogP contribution < -0.4 is 10.6 Å². The van der Waals surface area contributed by atoms with Crippen LogP contribution in [0.2, 0.25) is 0 Å². The molecule has 0 aromatic heterocycles. The van der Waals surface area contributed by atoms with Crippen LogP contribution in [0.1, 0.15) is 26.7 Å². The van der Waals surface area contributed by atoms with Crippen molar-refractivity contribution in [2.24, 2.45) is 5.73 Å². The molecule has 1 aromatic rings. The largest absolute Gasteiger partial charge is 0.372 e. The molecule has 0 saturated heterocycles. The summed E-state index contributed by atoms with van der Waals surface area (Å²) in [5, 5.41) is 0. The summed E-state index contributed by atoms with van der Waals surface area (Å²) in [6.45, 7) is 6.42. The Morgan fingerprint density at radius 1 is 1.27 bits per heavy atom. The van der Waals surface area contributed by atoms with Crippen LogP contribution in [-0.4, -0.2) is 19.1 Å². The van der Waals surface area contributed by atoms with Crippen LogP contribution in [0.25, 0.3) is 0 Å². The summed E-state index contributed by atoms with van der Waals surface area (Å²) in [6.07, 6.45) is 2.27. The Kier molecular flexibility index (Phi) is 5.19. The first-order valence-electron chi connectivity index (χ1n) is 5.79. The van der Waals surface area contributed by atoms with Gasteiger partial charge in [0.05, 0.1) is 0 Å². The summed E-state index contributed by atoms with van der Waals surface area (Å²) < 4.78 is 0. The van der Waals surface area contributed by atoms with Crippen LogP contribution in [0.15, 0.2) is 30.3 Å². The van der Waals surface area contributed by atoms with Crippen LogP contribution in [0.5, 0.6) is 0 Å². The van der Waals surface area contributed by atoms with E-state index in [0.717, 1.165) is 19.5 Å². The van der Waals surface area contributed by atoms with E-state index in [1.807, 2.05) is 0 Å². The van der Waals surface area contributed by atoms with Crippen LogP contribution in [0.4, 0.5) is 5.69 Å². The molecule has 1 aromatic carbocycles. The third-order valence-electron chi connectivity index (χ3n) is 2.59. The number of hydrogen-bond donors (Lipinski definition) is 1. The van der Waals surface area contributed by atoms with Crippen molar-refractivity contribution in [1.29, 1.82) is 0 Å². The molecule has 15 heavy (non-hydrogen) atoms. The van der Waals surface area contributed by atoms with Gasteiger partial charge < -0.3 is 10.6 Å². The zero-order chi connectivity index (χ0) is 11.1. The molecule has 1 atom stereocenters. The molecule has 0 saturated carbocycles. The minimum atomic E-state index is 0.319. The van der Waals surface area contributed by atoms with Crippen LogP contribution >= 0.6 is 0 Å². The number of hydrogen-bond acceptors (Lipinski definition) is 2. The van der Waals surface area contributed by atoms with Crippen LogP contribution in [-0.2, 0) is 0 Å². The predicted octanol–water partition coefficient (Wildman–Crippen LogP) is 2.64. The molecule has 2 heteroatoms. The second-order valence-electron chi connectivity index (χ2n) is 4.03. The highest BCUT2D eigenvalue weighted by Gasteiger charge is 2.03. The van der Waals surface area contributed by atoms with E-state index in [1.54, 1.807) is 0 Å². The zero-order valence-corrected chi connectivity index (χ0v) is 9.82. The van der Waals surface area contributed by atoms with E-state index in [-0.39, 0.29) is 0 Å². The number of rotatable bonds is 6. The van der Waals surface area contributed by atoms with Gasteiger partial charge in [-0.2, -0.15) is 0 Å². The van der Waals surface area contributed by atoms with Crippen molar-refractivity contribution in [2.45, 2.75) is 32.7 Å². The summed E-state index contributed by atoms with van der Waals surface area (Å²) in [7, 11) is 0. The minimum absolute atomic E-state index is 0.319. The number of nitrogens with zero attached hydrogens (tertiary/aromatic N) is 1. The molecule has 0 fully saturated rings. The van der Waals surface area contributed by atoms with E-state index in [2.05, 4.69) is 49.1 Å². The van der Waals surface area contributed by atoms with Crippen molar-refractivity contribution in [3.63, 3.8) is 0 Å². The molecule has 0 spiro atoms. The third kappa shape index (κ3) is 4.34.